The van der Waals surface area contributed by atoms with Crippen LogP contribution in [0.3, 0.4) is 0 Å². The van der Waals surface area contributed by atoms with Gasteiger partial charge in [-0.15, -0.1) is 0 Å². The fourth-order valence-electron chi connectivity index (χ4n) is 2.28. The van der Waals surface area contributed by atoms with Gasteiger partial charge in [0.2, 0.25) is 17.7 Å². The highest BCUT2D eigenvalue weighted by molar-refractivity contribution is 6.36. The van der Waals surface area contributed by atoms with Crippen LogP contribution in [-0.2, 0) is 14.4 Å². The first-order valence-electron chi connectivity index (χ1n) is 7.67. The van der Waals surface area contributed by atoms with Crippen molar-refractivity contribution in [1.82, 2.24) is 0 Å². The van der Waals surface area contributed by atoms with E-state index in [-0.39, 0.29) is 18.4 Å². The van der Waals surface area contributed by atoms with Gasteiger partial charge in [-0.1, -0.05) is 29.3 Å². The van der Waals surface area contributed by atoms with Gasteiger partial charge < -0.3 is 15.5 Å². The molecule has 2 rings (SSSR count). The molecule has 0 saturated carbocycles. The first-order valence-corrected chi connectivity index (χ1v) is 8.42. The van der Waals surface area contributed by atoms with Crippen molar-refractivity contribution in [2.45, 2.75) is 13.8 Å². The van der Waals surface area contributed by atoms with E-state index in [2.05, 4.69) is 10.6 Å². The average Bonchev–Trinajstić information content (AvgIpc) is 2.54. The number of carbonyl (C=O) groups is 3. The van der Waals surface area contributed by atoms with E-state index in [9.17, 15) is 14.4 Å². The quantitative estimate of drug-likeness (QED) is 0.806. The number of amides is 3. The van der Waals surface area contributed by atoms with E-state index in [0.717, 1.165) is 0 Å². The number of benzene rings is 2. The Balaban J connectivity index is 2.15. The summed E-state index contributed by atoms with van der Waals surface area (Å²) in [6.07, 6.45) is 0. The van der Waals surface area contributed by atoms with Gasteiger partial charge in [-0.25, -0.2) is 0 Å². The Morgan fingerprint density at radius 2 is 1.62 bits per heavy atom. The minimum absolute atomic E-state index is 0.216. The molecule has 136 valence electrons. The van der Waals surface area contributed by atoms with Crippen LogP contribution >= 0.6 is 23.2 Å². The lowest BCUT2D eigenvalue weighted by Crippen LogP contribution is -2.36. The minimum atomic E-state index is -0.420. The number of rotatable bonds is 5. The number of nitrogens with zero attached hydrogens (tertiary/aromatic N) is 1. The summed E-state index contributed by atoms with van der Waals surface area (Å²) >= 11 is 12.1. The lowest BCUT2D eigenvalue weighted by Gasteiger charge is -2.22. The molecule has 0 aliphatic carbocycles. The Kier molecular flexibility index (Phi) is 6.60. The maximum absolute atomic E-state index is 12.4. The zero-order chi connectivity index (χ0) is 19.3. The predicted molar refractivity (Wildman–Crippen MR) is 104 cm³/mol. The molecule has 0 radical (unpaired) electrons. The third-order valence-corrected chi connectivity index (χ3v) is 3.90. The highest BCUT2D eigenvalue weighted by atomic mass is 35.5. The molecule has 0 aliphatic rings. The van der Waals surface area contributed by atoms with Crippen molar-refractivity contribution >= 4 is 58.0 Å². The number of hydrogen-bond acceptors (Lipinski definition) is 3. The van der Waals surface area contributed by atoms with Crippen molar-refractivity contribution in [2.24, 2.45) is 0 Å². The normalized spacial score (nSPS) is 10.2. The Labute approximate surface area is 161 Å². The van der Waals surface area contributed by atoms with Gasteiger partial charge in [0.05, 0.1) is 10.7 Å². The monoisotopic (exact) mass is 393 g/mol. The fraction of sp³-hybridized carbons (Fsp3) is 0.167. The molecule has 2 aromatic carbocycles. The lowest BCUT2D eigenvalue weighted by atomic mass is 10.2. The number of halogens is 2. The summed E-state index contributed by atoms with van der Waals surface area (Å²) in [6.45, 7) is 2.49. The molecule has 26 heavy (non-hydrogen) atoms. The van der Waals surface area contributed by atoms with Crippen LogP contribution in [0.2, 0.25) is 10.0 Å². The summed E-state index contributed by atoms with van der Waals surface area (Å²) in [5.41, 5.74) is 1.40. The van der Waals surface area contributed by atoms with Gasteiger partial charge in [-0.2, -0.15) is 0 Å². The molecule has 0 saturated heterocycles. The van der Waals surface area contributed by atoms with Gasteiger partial charge in [-0.3, -0.25) is 14.4 Å². The van der Waals surface area contributed by atoms with Crippen LogP contribution in [0, 0.1) is 0 Å². The second-order valence-electron chi connectivity index (χ2n) is 5.51. The number of nitrogens with one attached hydrogen (secondary N) is 2. The van der Waals surface area contributed by atoms with Gasteiger partial charge in [0, 0.05) is 30.2 Å². The van der Waals surface area contributed by atoms with Crippen LogP contribution < -0.4 is 15.5 Å². The Morgan fingerprint density at radius 3 is 2.23 bits per heavy atom. The second kappa shape index (κ2) is 8.69. The largest absolute Gasteiger partial charge is 0.326 e. The van der Waals surface area contributed by atoms with Crippen molar-refractivity contribution < 1.29 is 14.4 Å². The zero-order valence-corrected chi connectivity index (χ0v) is 15.7. The van der Waals surface area contributed by atoms with Gasteiger partial charge in [0.25, 0.3) is 0 Å². The molecule has 2 N–H and O–H groups in total. The number of hydrogen-bond donors (Lipinski definition) is 2. The molecule has 0 unspecified atom stereocenters. The average molecular weight is 394 g/mol. The smallest absolute Gasteiger partial charge is 0.244 e. The number of anilines is 3. The molecule has 0 aliphatic heterocycles. The van der Waals surface area contributed by atoms with Crippen LogP contribution in [0.15, 0.2) is 42.5 Å². The van der Waals surface area contributed by atoms with Crippen molar-refractivity contribution in [3.05, 3.63) is 52.5 Å². The standard InChI is InChI=1S/C18H17Cl2N3O3/c1-11(24)21-14-4-3-5-15(9-14)22-18(26)10-23(12(2)25)17-8-13(19)6-7-16(17)20/h3-9H,10H2,1-2H3,(H,21,24)(H,22,26). The summed E-state index contributed by atoms with van der Waals surface area (Å²) in [6, 6.07) is 11.4. The molecule has 0 atom stereocenters. The summed E-state index contributed by atoms with van der Waals surface area (Å²) in [5.74, 6) is -0.987. The van der Waals surface area contributed by atoms with E-state index in [1.54, 1.807) is 36.4 Å². The van der Waals surface area contributed by atoms with Gasteiger partial charge in [0.1, 0.15) is 6.54 Å². The van der Waals surface area contributed by atoms with Gasteiger partial charge >= 0.3 is 0 Å². The van der Waals surface area contributed by atoms with Crippen LogP contribution in [0.25, 0.3) is 0 Å². The van der Waals surface area contributed by atoms with Crippen LogP contribution in [0.5, 0.6) is 0 Å². The van der Waals surface area contributed by atoms with E-state index in [1.165, 1.54) is 24.8 Å². The SMILES string of the molecule is CC(=O)Nc1cccc(NC(=O)CN(C(C)=O)c2cc(Cl)ccc2Cl)c1. The Hall–Kier alpha value is -2.57. The molecular weight excluding hydrogens is 377 g/mol. The summed E-state index contributed by atoms with van der Waals surface area (Å²) < 4.78 is 0. The van der Waals surface area contributed by atoms with E-state index >= 15 is 0 Å². The number of carbonyl (C=O) groups excluding carboxylic acids is 3. The molecule has 0 spiro atoms. The van der Waals surface area contributed by atoms with E-state index in [1.807, 2.05) is 0 Å². The summed E-state index contributed by atoms with van der Waals surface area (Å²) in [5, 5.41) is 6.03. The molecule has 8 heteroatoms. The molecular formula is C18H17Cl2N3O3. The zero-order valence-electron chi connectivity index (χ0n) is 14.2. The second-order valence-corrected chi connectivity index (χ2v) is 6.35. The van der Waals surface area contributed by atoms with E-state index in [4.69, 9.17) is 23.2 Å². The molecule has 2 aromatic rings. The van der Waals surface area contributed by atoms with E-state index < -0.39 is 5.91 Å². The molecule has 0 aromatic heterocycles. The van der Waals surface area contributed by atoms with Crippen molar-refractivity contribution in [2.75, 3.05) is 22.1 Å². The summed E-state index contributed by atoms with van der Waals surface area (Å²) in [7, 11) is 0. The van der Waals surface area contributed by atoms with Gasteiger partial charge in [-0.05, 0) is 36.4 Å². The molecule has 0 bridgehead atoms. The molecule has 0 fully saturated rings. The van der Waals surface area contributed by atoms with Crippen LogP contribution in [0.4, 0.5) is 17.1 Å². The Morgan fingerprint density at radius 1 is 0.962 bits per heavy atom. The maximum Gasteiger partial charge on any atom is 0.244 e. The van der Waals surface area contributed by atoms with Crippen LogP contribution in [-0.4, -0.2) is 24.3 Å². The molecule has 0 heterocycles. The third-order valence-electron chi connectivity index (χ3n) is 3.35. The minimum Gasteiger partial charge on any atom is -0.326 e. The first-order chi connectivity index (χ1) is 12.3. The van der Waals surface area contributed by atoms with E-state index in [0.29, 0.717) is 27.1 Å². The predicted octanol–water partition coefficient (Wildman–Crippen LogP) is 3.94. The molecule has 6 nitrogen and oxygen atoms in total. The third kappa shape index (κ3) is 5.47. The highest BCUT2D eigenvalue weighted by Gasteiger charge is 2.19. The van der Waals surface area contributed by atoms with Crippen molar-refractivity contribution in [3.8, 4) is 0 Å². The van der Waals surface area contributed by atoms with Crippen LogP contribution in [0.1, 0.15) is 13.8 Å². The summed E-state index contributed by atoms with van der Waals surface area (Å²) in [4.78, 5) is 36.7. The Bertz CT molecular complexity index is 855. The topological polar surface area (TPSA) is 78.5 Å². The van der Waals surface area contributed by atoms with Crippen molar-refractivity contribution in [1.29, 1.82) is 0 Å². The van der Waals surface area contributed by atoms with Gasteiger partial charge in [0.15, 0.2) is 0 Å². The highest BCUT2D eigenvalue weighted by Crippen LogP contribution is 2.29. The molecule has 3 amide bonds. The lowest BCUT2D eigenvalue weighted by molar-refractivity contribution is -0.120. The first kappa shape index (κ1) is 19.8. The maximum atomic E-state index is 12.4. The van der Waals surface area contributed by atoms with Crippen molar-refractivity contribution in [3.63, 3.8) is 0 Å². The fourth-order valence-corrected chi connectivity index (χ4v) is 2.67.